The highest BCUT2D eigenvalue weighted by atomic mass is 19.1. The van der Waals surface area contributed by atoms with Crippen molar-refractivity contribution in [3.8, 4) is 0 Å². The van der Waals surface area contributed by atoms with Crippen LogP contribution in [0.3, 0.4) is 0 Å². The number of aryl methyl sites for hydroxylation is 2. The number of carbonyl (C=O) groups excluding carboxylic acids is 1. The Kier molecular flexibility index (Phi) is 3.55. The van der Waals surface area contributed by atoms with Crippen molar-refractivity contribution < 1.29 is 9.18 Å². The lowest BCUT2D eigenvalue weighted by Gasteiger charge is -2.01. The topological polar surface area (TPSA) is 34.9 Å². The third-order valence-electron chi connectivity index (χ3n) is 2.82. The molecule has 1 aromatic carbocycles. The number of ketones is 1. The predicted molar refractivity (Wildman–Crippen MR) is 67.0 cm³/mol. The molecule has 0 aliphatic rings. The van der Waals surface area contributed by atoms with Crippen LogP contribution < -0.4 is 0 Å². The number of halogens is 1. The second-order valence-corrected chi connectivity index (χ2v) is 4.24. The second-order valence-electron chi connectivity index (χ2n) is 4.24. The van der Waals surface area contributed by atoms with Gasteiger partial charge in [-0.2, -0.15) is 5.10 Å². The Labute approximate surface area is 105 Å². The van der Waals surface area contributed by atoms with Crippen LogP contribution in [0.4, 0.5) is 4.39 Å². The normalized spacial score (nSPS) is 10.6. The van der Waals surface area contributed by atoms with E-state index < -0.39 is 0 Å². The molecule has 0 bridgehead atoms. The Morgan fingerprint density at radius 2 is 2.00 bits per heavy atom. The number of Topliss-reactive ketones (excluding diaryl/α,β-unsaturated/α-hetero) is 1. The minimum absolute atomic E-state index is 0.0200. The van der Waals surface area contributed by atoms with Gasteiger partial charge in [-0.05, 0) is 24.1 Å². The van der Waals surface area contributed by atoms with Crippen molar-refractivity contribution in [1.82, 2.24) is 9.78 Å². The maximum absolute atomic E-state index is 12.8. The summed E-state index contributed by atoms with van der Waals surface area (Å²) in [6.45, 7) is 1.97. The van der Waals surface area contributed by atoms with E-state index in [1.807, 2.05) is 6.92 Å². The Balaban J connectivity index is 2.19. The number of nitrogens with zero attached hydrogens (tertiary/aromatic N) is 2. The summed E-state index contributed by atoms with van der Waals surface area (Å²) < 4.78 is 14.4. The van der Waals surface area contributed by atoms with Gasteiger partial charge in [0.15, 0.2) is 5.78 Å². The monoisotopic (exact) mass is 246 g/mol. The van der Waals surface area contributed by atoms with Crippen molar-refractivity contribution in [1.29, 1.82) is 0 Å². The van der Waals surface area contributed by atoms with Crippen LogP contribution in [0.5, 0.6) is 0 Å². The summed E-state index contributed by atoms with van der Waals surface area (Å²) in [4.78, 5) is 12.1. The summed E-state index contributed by atoms with van der Waals surface area (Å²) in [5.41, 5.74) is 2.28. The van der Waals surface area contributed by atoms with Gasteiger partial charge in [0.25, 0.3) is 0 Å². The number of aromatic nitrogens is 2. The molecule has 0 aliphatic carbocycles. The molecule has 0 fully saturated rings. The fourth-order valence-corrected chi connectivity index (χ4v) is 1.91. The highest BCUT2D eigenvalue weighted by molar-refractivity contribution is 5.98. The van der Waals surface area contributed by atoms with E-state index in [0.717, 1.165) is 17.7 Å². The van der Waals surface area contributed by atoms with Crippen molar-refractivity contribution in [2.45, 2.75) is 19.8 Å². The number of benzene rings is 1. The van der Waals surface area contributed by atoms with Crippen LogP contribution in [0.15, 0.2) is 30.5 Å². The minimum Gasteiger partial charge on any atom is -0.294 e. The molecule has 0 amide bonds. The average molecular weight is 246 g/mol. The van der Waals surface area contributed by atoms with Crippen LogP contribution in [0.1, 0.15) is 28.5 Å². The first kappa shape index (κ1) is 12.5. The summed E-state index contributed by atoms with van der Waals surface area (Å²) in [5.74, 6) is -0.270. The van der Waals surface area contributed by atoms with Crippen molar-refractivity contribution in [2.75, 3.05) is 0 Å². The van der Waals surface area contributed by atoms with E-state index in [2.05, 4.69) is 5.10 Å². The molecule has 3 nitrogen and oxygen atoms in total. The van der Waals surface area contributed by atoms with Crippen LogP contribution in [0.25, 0.3) is 0 Å². The summed E-state index contributed by atoms with van der Waals surface area (Å²) >= 11 is 0. The largest absolute Gasteiger partial charge is 0.294 e. The Morgan fingerprint density at radius 3 is 2.61 bits per heavy atom. The average Bonchev–Trinajstić information content (AvgIpc) is 2.73. The lowest BCUT2D eigenvalue weighted by molar-refractivity contribution is 0.0992. The first-order chi connectivity index (χ1) is 8.60. The smallest absolute Gasteiger partial charge is 0.170 e. The van der Waals surface area contributed by atoms with E-state index in [0.29, 0.717) is 5.56 Å². The Bertz CT molecular complexity index is 558. The molecular formula is C14H15FN2O. The van der Waals surface area contributed by atoms with Crippen LogP contribution in [-0.4, -0.2) is 15.6 Å². The van der Waals surface area contributed by atoms with Gasteiger partial charge in [-0.1, -0.05) is 19.1 Å². The minimum atomic E-state index is -0.290. The molecule has 0 aliphatic heterocycles. The number of hydrogen-bond donors (Lipinski definition) is 0. The molecule has 4 heteroatoms. The third-order valence-corrected chi connectivity index (χ3v) is 2.82. The molecule has 0 unspecified atom stereocenters. The standard InChI is InChI=1S/C14H15FN2O/c1-3-13-12(9-17(2)16-13)14(18)8-10-4-6-11(15)7-5-10/h4-7,9H,3,8H2,1-2H3. The van der Waals surface area contributed by atoms with Gasteiger partial charge in [-0.25, -0.2) is 4.39 Å². The first-order valence-corrected chi connectivity index (χ1v) is 5.90. The van der Waals surface area contributed by atoms with Crippen molar-refractivity contribution in [3.05, 3.63) is 53.1 Å². The lowest BCUT2D eigenvalue weighted by atomic mass is 10.0. The number of hydrogen-bond acceptors (Lipinski definition) is 2. The molecule has 2 aromatic rings. The van der Waals surface area contributed by atoms with Gasteiger partial charge < -0.3 is 0 Å². The molecule has 1 aromatic heterocycles. The highest BCUT2D eigenvalue weighted by Gasteiger charge is 2.14. The fourth-order valence-electron chi connectivity index (χ4n) is 1.91. The molecule has 0 spiro atoms. The van der Waals surface area contributed by atoms with Crippen molar-refractivity contribution >= 4 is 5.78 Å². The summed E-state index contributed by atoms with van der Waals surface area (Å²) in [7, 11) is 1.80. The van der Waals surface area contributed by atoms with E-state index in [4.69, 9.17) is 0 Å². The molecule has 0 atom stereocenters. The molecule has 0 saturated carbocycles. The number of carbonyl (C=O) groups is 1. The van der Waals surface area contributed by atoms with Gasteiger partial charge >= 0.3 is 0 Å². The summed E-state index contributed by atoms with van der Waals surface area (Å²) in [5, 5.41) is 4.24. The summed E-state index contributed by atoms with van der Waals surface area (Å²) in [6, 6.07) is 6.00. The Hall–Kier alpha value is -1.97. The van der Waals surface area contributed by atoms with E-state index in [-0.39, 0.29) is 18.0 Å². The van der Waals surface area contributed by atoms with Gasteiger partial charge in [-0.3, -0.25) is 9.48 Å². The predicted octanol–water partition coefficient (Wildman–Crippen LogP) is 2.55. The van der Waals surface area contributed by atoms with Gasteiger partial charge in [0, 0.05) is 19.7 Å². The van der Waals surface area contributed by atoms with E-state index in [1.54, 1.807) is 30.1 Å². The maximum atomic E-state index is 12.8. The van der Waals surface area contributed by atoms with Crippen LogP contribution >= 0.6 is 0 Å². The van der Waals surface area contributed by atoms with Gasteiger partial charge in [0.05, 0.1) is 11.3 Å². The van der Waals surface area contributed by atoms with Crippen LogP contribution in [0.2, 0.25) is 0 Å². The molecule has 0 radical (unpaired) electrons. The zero-order valence-corrected chi connectivity index (χ0v) is 10.5. The molecule has 1 heterocycles. The quantitative estimate of drug-likeness (QED) is 0.777. The second kappa shape index (κ2) is 5.12. The van der Waals surface area contributed by atoms with Gasteiger partial charge in [0.2, 0.25) is 0 Å². The van der Waals surface area contributed by atoms with Gasteiger partial charge in [0.1, 0.15) is 5.82 Å². The first-order valence-electron chi connectivity index (χ1n) is 5.90. The number of rotatable bonds is 4. The lowest BCUT2D eigenvalue weighted by Crippen LogP contribution is -2.05. The van der Waals surface area contributed by atoms with Crippen LogP contribution in [-0.2, 0) is 19.9 Å². The Morgan fingerprint density at radius 1 is 1.33 bits per heavy atom. The molecular weight excluding hydrogens is 231 g/mol. The zero-order chi connectivity index (χ0) is 13.1. The maximum Gasteiger partial charge on any atom is 0.170 e. The SMILES string of the molecule is CCc1nn(C)cc1C(=O)Cc1ccc(F)cc1. The molecule has 94 valence electrons. The third kappa shape index (κ3) is 2.64. The van der Waals surface area contributed by atoms with Crippen molar-refractivity contribution in [3.63, 3.8) is 0 Å². The molecule has 2 rings (SSSR count). The fraction of sp³-hybridized carbons (Fsp3) is 0.286. The van der Waals surface area contributed by atoms with E-state index in [9.17, 15) is 9.18 Å². The molecule has 0 saturated heterocycles. The molecule has 18 heavy (non-hydrogen) atoms. The van der Waals surface area contributed by atoms with E-state index in [1.165, 1.54) is 12.1 Å². The highest BCUT2D eigenvalue weighted by Crippen LogP contribution is 2.12. The zero-order valence-electron chi connectivity index (χ0n) is 10.5. The van der Waals surface area contributed by atoms with Crippen molar-refractivity contribution in [2.24, 2.45) is 7.05 Å². The van der Waals surface area contributed by atoms with E-state index >= 15 is 0 Å². The van der Waals surface area contributed by atoms with Gasteiger partial charge in [-0.15, -0.1) is 0 Å². The molecule has 0 N–H and O–H groups in total. The summed E-state index contributed by atoms with van der Waals surface area (Å²) in [6.07, 6.45) is 2.75. The van der Waals surface area contributed by atoms with Crippen LogP contribution in [0, 0.1) is 5.82 Å².